The van der Waals surface area contributed by atoms with Gasteiger partial charge in [0.1, 0.15) is 0 Å². The second-order valence-electron chi connectivity index (χ2n) is 4.10. The van der Waals surface area contributed by atoms with E-state index in [9.17, 15) is 0 Å². The van der Waals surface area contributed by atoms with Crippen LogP contribution in [0.5, 0.6) is 0 Å². The molecular formula is C13H18O2S. The van der Waals surface area contributed by atoms with Crippen molar-refractivity contribution in [2.24, 2.45) is 0 Å². The van der Waals surface area contributed by atoms with Crippen LogP contribution in [0.4, 0.5) is 0 Å². The fourth-order valence-corrected chi connectivity index (χ4v) is 2.79. The lowest BCUT2D eigenvalue weighted by atomic mass is 10.1. The number of ether oxygens (including phenoxy) is 1. The molecule has 1 heterocycles. The molecule has 1 aliphatic heterocycles. The highest BCUT2D eigenvalue weighted by molar-refractivity contribution is 7.99. The zero-order valence-corrected chi connectivity index (χ0v) is 10.2. The minimum atomic E-state index is 0.122. The van der Waals surface area contributed by atoms with E-state index in [1.165, 1.54) is 24.2 Å². The van der Waals surface area contributed by atoms with Gasteiger partial charge in [0.05, 0.1) is 12.7 Å². The molecule has 1 aromatic rings. The molecule has 1 N–H and O–H groups in total. The minimum Gasteiger partial charge on any atom is -0.392 e. The molecule has 1 aromatic carbocycles. The number of benzene rings is 1. The highest BCUT2D eigenvalue weighted by Gasteiger charge is 2.13. The normalized spacial score (nSPS) is 20.9. The van der Waals surface area contributed by atoms with Gasteiger partial charge >= 0.3 is 0 Å². The van der Waals surface area contributed by atoms with Crippen LogP contribution in [0.1, 0.15) is 24.8 Å². The average molecular weight is 238 g/mol. The van der Waals surface area contributed by atoms with Crippen molar-refractivity contribution in [2.75, 3.05) is 12.4 Å². The first-order valence-corrected chi connectivity index (χ1v) is 6.81. The third-order valence-electron chi connectivity index (χ3n) is 2.82. The van der Waals surface area contributed by atoms with Gasteiger partial charge in [0.15, 0.2) is 0 Å². The van der Waals surface area contributed by atoms with Gasteiger partial charge in [0.2, 0.25) is 0 Å². The van der Waals surface area contributed by atoms with Crippen molar-refractivity contribution in [3.8, 4) is 0 Å². The number of aliphatic hydroxyl groups excluding tert-OH is 1. The molecule has 0 spiro atoms. The number of hydrogen-bond donors (Lipinski definition) is 1. The highest BCUT2D eigenvalue weighted by Crippen LogP contribution is 2.23. The van der Waals surface area contributed by atoms with Crippen molar-refractivity contribution in [2.45, 2.75) is 36.9 Å². The molecule has 1 aliphatic rings. The SMILES string of the molecule is OCc1ccc(SCC2CCCCO2)cc1. The molecule has 88 valence electrons. The van der Waals surface area contributed by atoms with E-state index in [2.05, 4.69) is 12.1 Å². The largest absolute Gasteiger partial charge is 0.392 e. The van der Waals surface area contributed by atoms with Crippen LogP contribution >= 0.6 is 11.8 Å². The van der Waals surface area contributed by atoms with Crippen molar-refractivity contribution < 1.29 is 9.84 Å². The van der Waals surface area contributed by atoms with Gasteiger partial charge in [0, 0.05) is 17.3 Å². The van der Waals surface area contributed by atoms with E-state index in [-0.39, 0.29) is 6.61 Å². The molecule has 1 unspecified atom stereocenters. The maximum atomic E-state index is 8.94. The summed E-state index contributed by atoms with van der Waals surface area (Å²) in [5.41, 5.74) is 0.971. The van der Waals surface area contributed by atoms with E-state index in [1.807, 2.05) is 23.9 Å². The lowest BCUT2D eigenvalue weighted by Crippen LogP contribution is -2.21. The summed E-state index contributed by atoms with van der Waals surface area (Å²) >= 11 is 1.84. The number of thioether (sulfide) groups is 1. The zero-order valence-electron chi connectivity index (χ0n) is 9.39. The first-order valence-electron chi connectivity index (χ1n) is 5.82. The summed E-state index contributed by atoms with van der Waals surface area (Å²) in [6.45, 7) is 1.05. The predicted molar refractivity (Wildman–Crippen MR) is 66.7 cm³/mol. The van der Waals surface area contributed by atoms with Crippen LogP contribution in [0, 0.1) is 0 Å². The Morgan fingerprint density at radius 1 is 1.25 bits per heavy atom. The van der Waals surface area contributed by atoms with Crippen molar-refractivity contribution in [3.63, 3.8) is 0 Å². The summed E-state index contributed by atoms with van der Waals surface area (Å²) in [6, 6.07) is 8.09. The van der Waals surface area contributed by atoms with Gasteiger partial charge in [-0.1, -0.05) is 12.1 Å². The van der Waals surface area contributed by atoms with Crippen molar-refractivity contribution >= 4 is 11.8 Å². The van der Waals surface area contributed by atoms with Crippen LogP contribution in [0.2, 0.25) is 0 Å². The van der Waals surface area contributed by atoms with Crippen LogP contribution in [-0.2, 0) is 11.3 Å². The molecule has 2 nitrogen and oxygen atoms in total. The minimum absolute atomic E-state index is 0.122. The summed E-state index contributed by atoms with van der Waals surface area (Å²) in [7, 11) is 0. The van der Waals surface area contributed by atoms with Gasteiger partial charge in [-0.2, -0.15) is 0 Å². The first kappa shape index (κ1) is 12.0. The van der Waals surface area contributed by atoms with Crippen LogP contribution in [0.15, 0.2) is 29.2 Å². The van der Waals surface area contributed by atoms with Crippen molar-refractivity contribution in [1.29, 1.82) is 0 Å². The van der Waals surface area contributed by atoms with Gasteiger partial charge in [-0.05, 0) is 37.0 Å². The van der Waals surface area contributed by atoms with E-state index < -0.39 is 0 Å². The summed E-state index contributed by atoms with van der Waals surface area (Å²) in [5.74, 6) is 1.04. The fraction of sp³-hybridized carbons (Fsp3) is 0.538. The molecule has 1 saturated heterocycles. The summed E-state index contributed by atoms with van der Waals surface area (Å²) < 4.78 is 5.68. The maximum absolute atomic E-state index is 8.94. The van der Waals surface area contributed by atoms with Crippen LogP contribution in [0.3, 0.4) is 0 Å². The Morgan fingerprint density at radius 2 is 2.06 bits per heavy atom. The van der Waals surface area contributed by atoms with Crippen LogP contribution in [-0.4, -0.2) is 23.6 Å². The third-order valence-corrected chi connectivity index (χ3v) is 3.96. The second kappa shape index (κ2) is 6.28. The number of aliphatic hydroxyl groups is 1. The number of rotatable bonds is 4. The molecule has 1 atom stereocenters. The monoisotopic (exact) mass is 238 g/mol. The molecule has 0 radical (unpaired) electrons. The Balaban J connectivity index is 1.79. The van der Waals surface area contributed by atoms with E-state index >= 15 is 0 Å². The Labute approximate surface area is 101 Å². The van der Waals surface area contributed by atoms with Gasteiger partial charge in [-0.3, -0.25) is 0 Å². The Morgan fingerprint density at radius 3 is 2.69 bits per heavy atom. The van der Waals surface area contributed by atoms with Gasteiger partial charge in [-0.25, -0.2) is 0 Å². The topological polar surface area (TPSA) is 29.5 Å². The molecule has 2 rings (SSSR count). The molecular weight excluding hydrogens is 220 g/mol. The van der Waals surface area contributed by atoms with Crippen molar-refractivity contribution in [3.05, 3.63) is 29.8 Å². The molecule has 16 heavy (non-hydrogen) atoms. The fourth-order valence-electron chi connectivity index (χ4n) is 1.82. The first-order chi connectivity index (χ1) is 7.88. The predicted octanol–water partition coefficient (Wildman–Crippen LogP) is 2.84. The van der Waals surface area contributed by atoms with Crippen molar-refractivity contribution in [1.82, 2.24) is 0 Å². The van der Waals surface area contributed by atoms with Gasteiger partial charge < -0.3 is 9.84 Å². The molecule has 0 amide bonds. The van der Waals surface area contributed by atoms with E-state index in [4.69, 9.17) is 9.84 Å². The summed E-state index contributed by atoms with van der Waals surface area (Å²) in [5, 5.41) is 8.94. The molecule has 3 heteroatoms. The number of hydrogen-bond acceptors (Lipinski definition) is 3. The van der Waals surface area contributed by atoms with Crippen LogP contribution in [0.25, 0.3) is 0 Å². The van der Waals surface area contributed by atoms with Gasteiger partial charge in [0.25, 0.3) is 0 Å². The second-order valence-corrected chi connectivity index (χ2v) is 5.20. The van der Waals surface area contributed by atoms with E-state index in [1.54, 1.807) is 0 Å². The highest BCUT2D eigenvalue weighted by atomic mass is 32.2. The molecule has 0 saturated carbocycles. The zero-order chi connectivity index (χ0) is 11.2. The smallest absolute Gasteiger partial charge is 0.0681 e. The molecule has 1 fully saturated rings. The lowest BCUT2D eigenvalue weighted by molar-refractivity contribution is 0.0315. The standard InChI is InChI=1S/C13H18O2S/c14-9-11-4-6-13(7-5-11)16-10-12-3-1-2-8-15-12/h4-7,12,14H,1-3,8-10H2. The Bertz CT molecular complexity index is 304. The average Bonchev–Trinajstić information content (AvgIpc) is 2.38. The van der Waals surface area contributed by atoms with E-state index in [0.717, 1.165) is 17.9 Å². The Kier molecular flexibility index (Phi) is 4.69. The lowest BCUT2D eigenvalue weighted by Gasteiger charge is -2.22. The van der Waals surface area contributed by atoms with E-state index in [0.29, 0.717) is 6.10 Å². The van der Waals surface area contributed by atoms with Crippen LogP contribution < -0.4 is 0 Å². The molecule has 0 bridgehead atoms. The quantitative estimate of drug-likeness (QED) is 0.818. The molecule has 0 aliphatic carbocycles. The maximum Gasteiger partial charge on any atom is 0.0681 e. The summed E-state index contributed by atoms with van der Waals surface area (Å²) in [6.07, 6.45) is 4.14. The van der Waals surface area contributed by atoms with Gasteiger partial charge in [-0.15, -0.1) is 11.8 Å². The molecule has 0 aromatic heterocycles. The summed E-state index contributed by atoms with van der Waals surface area (Å²) in [4.78, 5) is 1.26. The third kappa shape index (κ3) is 3.51. The Hall–Kier alpha value is -0.510.